The SMILES string of the molecule is CCCCCCSCCC(=O)N(NC(=O)c1ccc2c(c1)C(=O)NC2=O)C1CC(C)(C)NC(C)(C)C1. The number of piperidine rings is 1. The maximum absolute atomic E-state index is 13.4. The summed E-state index contributed by atoms with van der Waals surface area (Å²) in [5.41, 5.74) is 3.09. The van der Waals surface area contributed by atoms with E-state index in [1.54, 1.807) is 11.8 Å². The number of fused-ring (bicyclic) bond motifs is 1. The molecule has 0 saturated carbocycles. The van der Waals surface area contributed by atoms with Gasteiger partial charge in [-0.25, -0.2) is 0 Å². The minimum absolute atomic E-state index is 0.114. The molecule has 0 bridgehead atoms. The molecular weight excluding hydrogens is 476 g/mol. The second-order valence-corrected chi connectivity index (χ2v) is 12.4. The first-order valence-electron chi connectivity index (χ1n) is 12.9. The van der Waals surface area contributed by atoms with Crippen molar-refractivity contribution in [3.8, 4) is 0 Å². The number of hydrazine groups is 1. The van der Waals surface area contributed by atoms with E-state index in [1.165, 1.54) is 42.5 Å². The Hall–Kier alpha value is -2.39. The molecule has 2 aliphatic rings. The molecule has 3 N–H and O–H groups in total. The van der Waals surface area contributed by atoms with E-state index in [-0.39, 0.29) is 39.7 Å². The van der Waals surface area contributed by atoms with E-state index in [0.29, 0.717) is 25.0 Å². The third-order valence-corrected chi connectivity index (χ3v) is 7.70. The van der Waals surface area contributed by atoms with Crippen LogP contribution in [0.15, 0.2) is 18.2 Å². The number of thioether (sulfide) groups is 1. The van der Waals surface area contributed by atoms with E-state index in [9.17, 15) is 19.2 Å². The van der Waals surface area contributed by atoms with Gasteiger partial charge in [0, 0.05) is 28.8 Å². The lowest BCUT2D eigenvalue weighted by atomic mass is 9.79. The average molecular weight is 517 g/mol. The van der Waals surface area contributed by atoms with Crippen LogP contribution in [0.1, 0.15) is 111 Å². The lowest BCUT2D eigenvalue weighted by Crippen LogP contribution is -2.65. The fraction of sp³-hybridized carbons (Fsp3) is 0.630. The first-order valence-corrected chi connectivity index (χ1v) is 14.1. The maximum atomic E-state index is 13.4. The van der Waals surface area contributed by atoms with Crippen molar-refractivity contribution < 1.29 is 19.2 Å². The molecule has 0 radical (unpaired) electrons. The molecule has 1 fully saturated rings. The molecule has 0 aromatic heterocycles. The molecule has 2 heterocycles. The molecule has 1 saturated heterocycles. The van der Waals surface area contributed by atoms with Gasteiger partial charge in [-0.3, -0.25) is 34.9 Å². The molecule has 3 rings (SSSR count). The van der Waals surface area contributed by atoms with Gasteiger partial charge in [0.2, 0.25) is 5.91 Å². The molecule has 9 heteroatoms. The number of carbonyl (C=O) groups excluding carboxylic acids is 4. The van der Waals surface area contributed by atoms with Crippen LogP contribution in [-0.4, -0.2) is 57.3 Å². The molecular formula is C27H40N4O4S. The number of imide groups is 1. The van der Waals surface area contributed by atoms with Crippen LogP contribution in [0.2, 0.25) is 0 Å². The quantitative estimate of drug-likeness (QED) is 0.246. The molecule has 0 spiro atoms. The molecule has 0 aliphatic carbocycles. The van der Waals surface area contributed by atoms with Gasteiger partial charge < -0.3 is 5.32 Å². The van der Waals surface area contributed by atoms with E-state index in [2.05, 4.69) is 50.7 Å². The number of carbonyl (C=O) groups is 4. The van der Waals surface area contributed by atoms with Crippen molar-refractivity contribution in [1.82, 2.24) is 21.1 Å². The van der Waals surface area contributed by atoms with Gasteiger partial charge in [0.1, 0.15) is 0 Å². The second-order valence-electron chi connectivity index (χ2n) is 11.1. The summed E-state index contributed by atoms with van der Waals surface area (Å²) in [7, 11) is 0. The van der Waals surface area contributed by atoms with Crippen LogP contribution in [0, 0.1) is 0 Å². The van der Waals surface area contributed by atoms with Gasteiger partial charge in [-0.15, -0.1) is 0 Å². The summed E-state index contributed by atoms with van der Waals surface area (Å²) in [6, 6.07) is 4.22. The Labute approximate surface area is 218 Å². The largest absolute Gasteiger partial charge is 0.307 e. The predicted molar refractivity (Wildman–Crippen MR) is 143 cm³/mol. The minimum atomic E-state index is -0.518. The predicted octanol–water partition coefficient (Wildman–Crippen LogP) is 4.06. The van der Waals surface area contributed by atoms with Crippen LogP contribution < -0.4 is 16.1 Å². The van der Waals surface area contributed by atoms with Crippen LogP contribution in [0.3, 0.4) is 0 Å². The van der Waals surface area contributed by atoms with Gasteiger partial charge in [-0.1, -0.05) is 26.2 Å². The fourth-order valence-electron chi connectivity index (χ4n) is 5.30. The minimum Gasteiger partial charge on any atom is -0.307 e. The standard InChI is InChI=1S/C27H40N4O4S/c1-6-7-8-9-13-36-14-12-22(32)31(19-16-26(2,3)30-27(4,5)17-19)29-23(33)18-10-11-20-21(15-18)25(35)28-24(20)34/h10-11,15,19,30H,6-9,12-14,16-17H2,1-5H3,(H,29,33)(H,28,34,35). The Bertz CT molecular complexity index is 991. The number of unbranched alkanes of at least 4 members (excludes halogenated alkanes) is 3. The van der Waals surface area contributed by atoms with Crippen LogP contribution in [0.25, 0.3) is 0 Å². The number of hydrogen-bond acceptors (Lipinski definition) is 6. The highest BCUT2D eigenvalue weighted by molar-refractivity contribution is 7.99. The topological polar surface area (TPSA) is 108 Å². The van der Waals surface area contributed by atoms with Crippen molar-refractivity contribution in [3.05, 3.63) is 34.9 Å². The highest BCUT2D eigenvalue weighted by atomic mass is 32.2. The van der Waals surface area contributed by atoms with E-state index in [1.807, 2.05) is 0 Å². The molecule has 2 aliphatic heterocycles. The Balaban J connectivity index is 1.73. The number of rotatable bonds is 10. The van der Waals surface area contributed by atoms with Gasteiger partial charge in [-0.05, 0) is 70.9 Å². The molecule has 198 valence electrons. The third-order valence-electron chi connectivity index (χ3n) is 6.63. The molecule has 1 aromatic rings. The molecule has 1 aromatic carbocycles. The van der Waals surface area contributed by atoms with Crippen molar-refractivity contribution in [2.75, 3.05) is 11.5 Å². The molecule has 8 nitrogen and oxygen atoms in total. The highest BCUT2D eigenvalue weighted by Gasteiger charge is 2.42. The van der Waals surface area contributed by atoms with Crippen molar-refractivity contribution >= 4 is 35.4 Å². The number of hydrogen-bond donors (Lipinski definition) is 3. The zero-order chi connectivity index (χ0) is 26.5. The Morgan fingerprint density at radius 3 is 2.33 bits per heavy atom. The summed E-state index contributed by atoms with van der Waals surface area (Å²) < 4.78 is 0. The van der Waals surface area contributed by atoms with E-state index in [0.717, 1.165) is 12.2 Å². The second kappa shape index (κ2) is 11.8. The van der Waals surface area contributed by atoms with E-state index >= 15 is 0 Å². The van der Waals surface area contributed by atoms with Crippen LogP contribution in [0.4, 0.5) is 0 Å². The lowest BCUT2D eigenvalue weighted by Gasteiger charge is -2.49. The van der Waals surface area contributed by atoms with Gasteiger partial charge in [-0.2, -0.15) is 11.8 Å². The monoisotopic (exact) mass is 516 g/mol. The first-order chi connectivity index (χ1) is 16.9. The normalized spacial score (nSPS) is 18.5. The number of nitrogens with one attached hydrogen (secondary N) is 3. The van der Waals surface area contributed by atoms with Crippen molar-refractivity contribution in [1.29, 1.82) is 0 Å². The van der Waals surface area contributed by atoms with Gasteiger partial charge in [0.05, 0.1) is 17.2 Å². The third kappa shape index (κ3) is 7.32. The zero-order valence-corrected chi connectivity index (χ0v) is 23.0. The summed E-state index contributed by atoms with van der Waals surface area (Å²) in [5, 5.41) is 7.38. The van der Waals surface area contributed by atoms with Crippen LogP contribution in [-0.2, 0) is 4.79 Å². The summed E-state index contributed by atoms with van der Waals surface area (Å²) in [6.07, 6.45) is 6.51. The number of benzene rings is 1. The summed E-state index contributed by atoms with van der Waals surface area (Å²) in [6.45, 7) is 10.6. The zero-order valence-electron chi connectivity index (χ0n) is 22.2. The smallest absolute Gasteiger partial charge is 0.269 e. The van der Waals surface area contributed by atoms with Gasteiger partial charge >= 0.3 is 0 Å². The lowest BCUT2D eigenvalue weighted by molar-refractivity contribution is -0.138. The van der Waals surface area contributed by atoms with Crippen molar-refractivity contribution in [2.45, 2.75) is 96.7 Å². The van der Waals surface area contributed by atoms with E-state index < -0.39 is 17.7 Å². The molecule has 36 heavy (non-hydrogen) atoms. The Morgan fingerprint density at radius 1 is 1.00 bits per heavy atom. The van der Waals surface area contributed by atoms with Crippen molar-refractivity contribution in [2.24, 2.45) is 0 Å². The van der Waals surface area contributed by atoms with Gasteiger partial charge in [0.15, 0.2) is 0 Å². The highest BCUT2D eigenvalue weighted by Crippen LogP contribution is 2.31. The number of amides is 4. The maximum Gasteiger partial charge on any atom is 0.269 e. The van der Waals surface area contributed by atoms with Crippen LogP contribution >= 0.6 is 11.8 Å². The number of nitrogens with zero attached hydrogens (tertiary/aromatic N) is 1. The summed E-state index contributed by atoms with van der Waals surface area (Å²) in [4.78, 5) is 50.6. The summed E-state index contributed by atoms with van der Waals surface area (Å²) in [5.74, 6) is 0.163. The van der Waals surface area contributed by atoms with Crippen LogP contribution in [0.5, 0.6) is 0 Å². The first kappa shape index (κ1) is 28.2. The average Bonchev–Trinajstić information content (AvgIpc) is 3.07. The molecule has 4 amide bonds. The Kier molecular flexibility index (Phi) is 9.22. The Morgan fingerprint density at radius 2 is 1.67 bits per heavy atom. The summed E-state index contributed by atoms with van der Waals surface area (Å²) >= 11 is 1.78. The molecule has 0 unspecified atom stereocenters. The molecule has 0 atom stereocenters. The fourth-order valence-corrected chi connectivity index (χ4v) is 6.24. The van der Waals surface area contributed by atoms with Crippen molar-refractivity contribution in [3.63, 3.8) is 0 Å². The van der Waals surface area contributed by atoms with E-state index in [4.69, 9.17) is 0 Å². The van der Waals surface area contributed by atoms with Gasteiger partial charge in [0.25, 0.3) is 17.7 Å².